The van der Waals surface area contributed by atoms with Crippen LogP contribution < -0.4 is 20.3 Å². The Hall–Kier alpha value is -4.57. The first-order valence-corrected chi connectivity index (χ1v) is 12.9. The minimum Gasteiger partial charge on any atom is -0.438 e. The summed E-state index contributed by atoms with van der Waals surface area (Å²) in [5.41, 5.74) is 3.47. The fourth-order valence-corrected chi connectivity index (χ4v) is 4.51. The molecule has 1 aliphatic rings. The zero-order valence-electron chi connectivity index (χ0n) is 22.5. The fourth-order valence-electron chi connectivity index (χ4n) is 4.51. The molecular weight excluding hydrogens is 514 g/mol. The number of aromatic nitrogens is 2. The third-order valence-electron chi connectivity index (χ3n) is 6.78. The number of hydrogen-bond acceptors (Lipinski definition) is 7. The van der Waals surface area contributed by atoms with Crippen molar-refractivity contribution >= 4 is 28.9 Å². The molecule has 8 nitrogen and oxygen atoms in total. The number of halogens is 2. The van der Waals surface area contributed by atoms with E-state index < -0.39 is 11.7 Å². The van der Waals surface area contributed by atoms with Crippen LogP contribution in [0.2, 0.25) is 0 Å². The van der Waals surface area contributed by atoms with Crippen LogP contribution >= 0.6 is 0 Å². The molecule has 5 rings (SSSR count). The van der Waals surface area contributed by atoms with Gasteiger partial charge in [-0.15, -0.1) is 0 Å². The molecule has 0 radical (unpaired) electrons. The lowest BCUT2D eigenvalue weighted by atomic mass is 10.1. The second kappa shape index (κ2) is 11.7. The second-order valence-corrected chi connectivity index (χ2v) is 9.77. The largest absolute Gasteiger partial charge is 0.438 e. The maximum Gasteiger partial charge on any atom is 0.262 e. The summed E-state index contributed by atoms with van der Waals surface area (Å²) < 4.78 is 34.7. The van der Waals surface area contributed by atoms with Crippen molar-refractivity contribution in [1.29, 1.82) is 0 Å². The highest BCUT2D eigenvalue weighted by Crippen LogP contribution is 2.29. The molecule has 3 aromatic carbocycles. The molecule has 0 atom stereocenters. The second-order valence-electron chi connectivity index (χ2n) is 9.77. The van der Waals surface area contributed by atoms with E-state index in [4.69, 9.17) is 4.74 Å². The highest BCUT2D eigenvalue weighted by atomic mass is 19.1. The molecule has 1 aliphatic heterocycles. The predicted octanol–water partition coefficient (Wildman–Crippen LogP) is 5.91. The van der Waals surface area contributed by atoms with Gasteiger partial charge in [0, 0.05) is 49.8 Å². The minimum absolute atomic E-state index is 0.0501. The number of piperazine rings is 1. The van der Waals surface area contributed by atoms with E-state index in [1.54, 1.807) is 18.2 Å². The molecule has 2 heterocycles. The van der Waals surface area contributed by atoms with Crippen molar-refractivity contribution in [2.24, 2.45) is 0 Å². The van der Waals surface area contributed by atoms with E-state index >= 15 is 4.39 Å². The van der Waals surface area contributed by atoms with E-state index in [-0.39, 0.29) is 29.0 Å². The summed E-state index contributed by atoms with van der Waals surface area (Å²) in [4.78, 5) is 26.2. The third-order valence-corrected chi connectivity index (χ3v) is 6.78. The van der Waals surface area contributed by atoms with Crippen molar-refractivity contribution in [3.63, 3.8) is 0 Å². The molecule has 0 bridgehead atoms. The van der Waals surface area contributed by atoms with Gasteiger partial charge in [0.1, 0.15) is 22.9 Å². The number of rotatable bonds is 7. The van der Waals surface area contributed by atoms with Gasteiger partial charge in [-0.2, -0.15) is 4.98 Å². The van der Waals surface area contributed by atoms with Crippen molar-refractivity contribution in [1.82, 2.24) is 14.9 Å². The summed E-state index contributed by atoms with van der Waals surface area (Å²) in [5, 5.41) is 5.88. The van der Waals surface area contributed by atoms with E-state index in [0.717, 1.165) is 37.3 Å². The Bertz CT molecular complexity index is 1520. The molecule has 0 spiro atoms. The Balaban J connectivity index is 1.42. The maximum absolute atomic E-state index is 15.0. The topological polar surface area (TPSA) is 82.6 Å². The molecule has 0 unspecified atom stereocenters. The lowest BCUT2D eigenvalue weighted by Gasteiger charge is -2.34. The Labute approximate surface area is 231 Å². The molecule has 206 valence electrons. The number of carbonyl (C=O) groups excluding carboxylic acids is 1. The van der Waals surface area contributed by atoms with E-state index in [0.29, 0.717) is 17.1 Å². The van der Waals surface area contributed by atoms with Gasteiger partial charge in [-0.3, -0.25) is 4.79 Å². The van der Waals surface area contributed by atoms with Crippen LogP contribution in [-0.4, -0.2) is 54.0 Å². The molecule has 4 aromatic rings. The van der Waals surface area contributed by atoms with Gasteiger partial charge < -0.3 is 25.2 Å². The smallest absolute Gasteiger partial charge is 0.262 e. The fraction of sp³-hybridized carbons (Fsp3) is 0.233. The lowest BCUT2D eigenvalue weighted by Crippen LogP contribution is -2.44. The van der Waals surface area contributed by atoms with Crippen molar-refractivity contribution in [3.05, 3.63) is 95.2 Å². The first-order chi connectivity index (χ1) is 19.3. The van der Waals surface area contributed by atoms with Crippen molar-refractivity contribution < 1.29 is 18.3 Å². The average Bonchev–Trinajstić information content (AvgIpc) is 2.92. The number of likely N-dealkylation sites (N-methyl/N-ethyl adjacent to an activating group) is 1. The molecule has 10 heteroatoms. The molecule has 0 saturated carbocycles. The Morgan fingerprint density at radius 1 is 0.950 bits per heavy atom. The number of ether oxygens (including phenoxy) is 1. The summed E-state index contributed by atoms with van der Waals surface area (Å²) in [5.74, 6) is -1.19. The van der Waals surface area contributed by atoms with Gasteiger partial charge >= 0.3 is 0 Å². The van der Waals surface area contributed by atoms with Crippen LogP contribution in [0, 0.1) is 25.5 Å². The van der Waals surface area contributed by atoms with E-state index in [1.165, 1.54) is 30.5 Å². The highest BCUT2D eigenvalue weighted by Gasteiger charge is 2.20. The molecule has 2 N–H and O–H groups in total. The monoisotopic (exact) mass is 544 g/mol. The van der Waals surface area contributed by atoms with Crippen LogP contribution in [0.15, 0.2) is 66.9 Å². The van der Waals surface area contributed by atoms with Crippen LogP contribution in [0.1, 0.15) is 21.5 Å². The first-order valence-electron chi connectivity index (χ1n) is 12.9. The summed E-state index contributed by atoms with van der Waals surface area (Å²) in [6, 6.07) is 16.1. The molecule has 1 saturated heterocycles. The molecule has 1 fully saturated rings. The van der Waals surface area contributed by atoms with Crippen molar-refractivity contribution in [2.75, 3.05) is 48.8 Å². The molecular formula is C30H30F2N6O2. The summed E-state index contributed by atoms with van der Waals surface area (Å²) in [6.07, 6.45) is 1.32. The standard InChI is InChI=1S/C30H30F2N6O2/c1-19-6-4-7-20(2)27(19)35-28(39)24-18-33-30(36-29(24)40-23-9-5-8-21(31)16-23)34-22-10-11-26(25(32)17-22)38-14-12-37(3)13-15-38/h4-11,16-18H,12-15H2,1-3H3,(H,35,39)(H,33,34,36). The molecule has 0 aliphatic carbocycles. The van der Waals surface area contributed by atoms with Crippen molar-refractivity contribution in [2.45, 2.75) is 13.8 Å². The average molecular weight is 545 g/mol. The Morgan fingerprint density at radius 2 is 1.68 bits per heavy atom. The van der Waals surface area contributed by atoms with E-state index in [1.807, 2.05) is 44.0 Å². The summed E-state index contributed by atoms with van der Waals surface area (Å²) >= 11 is 0. The van der Waals surface area contributed by atoms with Gasteiger partial charge in [0.15, 0.2) is 0 Å². The van der Waals surface area contributed by atoms with Crippen LogP contribution in [0.5, 0.6) is 11.6 Å². The molecule has 1 amide bonds. The van der Waals surface area contributed by atoms with Gasteiger partial charge in [-0.1, -0.05) is 24.3 Å². The number of aryl methyl sites for hydroxylation is 2. The predicted molar refractivity (Wildman–Crippen MR) is 152 cm³/mol. The lowest BCUT2D eigenvalue weighted by molar-refractivity contribution is 0.102. The number of hydrogen-bond donors (Lipinski definition) is 2. The molecule has 1 aromatic heterocycles. The number of carbonyl (C=O) groups is 1. The van der Waals surface area contributed by atoms with Gasteiger partial charge in [0.05, 0.1) is 5.69 Å². The zero-order chi connectivity index (χ0) is 28.2. The summed E-state index contributed by atoms with van der Waals surface area (Å²) in [7, 11) is 2.05. The number of nitrogens with one attached hydrogen (secondary N) is 2. The van der Waals surface area contributed by atoms with Crippen LogP contribution in [-0.2, 0) is 0 Å². The van der Waals surface area contributed by atoms with Crippen LogP contribution in [0.4, 0.5) is 31.8 Å². The molecule has 40 heavy (non-hydrogen) atoms. The first kappa shape index (κ1) is 27.0. The van der Waals surface area contributed by atoms with Crippen LogP contribution in [0.3, 0.4) is 0 Å². The number of amides is 1. The zero-order valence-corrected chi connectivity index (χ0v) is 22.5. The van der Waals surface area contributed by atoms with Gasteiger partial charge in [-0.25, -0.2) is 13.8 Å². The van der Waals surface area contributed by atoms with Gasteiger partial charge in [-0.05, 0) is 62.4 Å². The highest BCUT2D eigenvalue weighted by molar-refractivity contribution is 6.06. The van der Waals surface area contributed by atoms with Gasteiger partial charge in [0.2, 0.25) is 11.8 Å². The number of nitrogens with zero attached hydrogens (tertiary/aromatic N) is 4. The van der Waals surface area contributed by atoms with Crippen molar-refractivity contribution in [3.8, 4) is 11.6 Å². The van der Waals surface area contributed by atoms with E-state index in [9.17, 15) is 9.18 Å². The Kier molecular flexibility index (Phi) is 7.88. The van der Waals surface area contributed by atoms with E-state index in [2.05, 4.69) is 25.5 Å². The number of para-hydroxylation sites is 1. The number of anilines is 4. The van der Waals surface area contributed by atoms with Crippen LogP contribution in [0.25, 0.3) is 0 Å². The number of benzene rings is 3. The maximum atomic E-state index is 15.0. The van der Waals surface area contributed by atoms with Gasteiger partial charge in [0.25, 0.3) is 5.91 Å². The summed E-state index contributed by atoms with van der Waals surface area (Å²) in [6.45, 7) is 7.01. The SMILES string of the molecule is Cc1cccc(C)c1NC(=O)c1cnc(Nc2ccc(N3CCN(C)CC3)c(F)c2)nc1Oc1cccc(F)c1. The normalized spacial score (nSPS) is 13.7. The quantitative estimate of drug-likeness (QED) is 0.299. The Morgan fingerprint density at radius 3 is 2.38 bits per heavy atom. The minimum atomic E-state index is -0.498. The third kappa shape index (κ3) is 6.18.